The summed E-state index contributed by atoms with van der Waals surface area (Å²) in [6.45, 7) is 4.73. The number of amides is 1. The van der Waals surface area contributed by atoms with Gasteiger partial charge in [0.15, 0.2) is 5.11 Å². The minimum Gasteiger partial charge on any atom is -0.497 e. The van der Waals surface area contributed by atoms with E-state index >= 15 is 0 Å². The number of rotatable bonds is 6. The van der Waals surface area contributed by atoms with Gasteiger partial charge in [0.05, 0.1) is 20.8 Å². The number of methoxy groups -OCH3 is 2. The third-order valence-electron chi connectivity index (χ3n) is 3.05. The van der Waals surface area contributed by atoms with E-state index in [1.54, 1.807) is 18.2 Å². The van der Waals surface area contributed by atoms with Crippen LogP contribution in [0.5, 0.6) is 11.5 Å². The molecule has 1 aromatic carbocycles. The second-order valence-corrected chi connectivity index (χ2v) is 5.98. The van der Waals surface area contributed by atoms with Crippen molar-refractivity contribution in [3.8, 4) is 11.5 Å². The molecular weight excluding hydrogens is 344 g/mol. The maximum Gasteiger partial charge on any atom is 0.269 e. The van der Waals surface area contributed by atoms with Crippen LogP contribution in [-0.4, -0.2) is 45.4 Å². The van der Waals surface area contributed by atoms with Gasteiger partial charge in [0.1, 0.15) is 11.5 Å². The van der Waals surface area contributed by atoms with Crippen molar-refractivity contribution < 1.29 is 14.3 Å². The Morgan fingerprint density at radius 2 is 1.88 bits per heavy atom. The van der Waals surface area contributed by atoms with Crippen LogP contribution in [0.1, 0.15) is 24.2 Å². The molecule has 1 amide bonds. The third kappa shape index (κ3) is 5.38. The summed E-state index contributed by atoms with van der Waals surface area (Å²) >= 11 is 5.11. The number of hydrogen-bond donors (Lipinski definition) is 2. The molecule has 2 rings (SSSR count). The first kappa shape index (κ1) is 18.6. The van der Waals surface area contributed by atoms with Gasteiger partial charge in [-0.05, 0) is 35.5 Å². The number of hydrogen-bond acceptors (Lipinski definition) is 7. The molecule has 0 saturated carbocycles. The summed E-state index contributed by atoms with van der Waals surface area (Å²) in [5.41, 5.74) is 0.344. The number of thiocarbonyl (C=S) groups is 1. The van der Waals surface area contributed by atoms with Crippen LogP contribution in [0.25, 0.3) is 0 Å². The van der Waals surface area contributed by atoms with Gasteiger partial charge in [-0.2, -0.15) is 4.80 Å². The lowest BCUT2D eigenvalue weighted by atomic mass is 10.2. The van der Waals surface area contributed by atoms with E-state index in [0.717, 1.165) is 0 Å². The van der Waals surface area contributed by atoms with E-state index in [4.69, 9.17) is 21.7 Å². The molecular formula is C15H20N6O3S. The summed E-state index contributed by atoms with van der Waals surface area (Å²) in [7, 11) is 3.02. The molecule has 25 heavy (non-hydrogen) atoms. The van der Waals surface area contributed by atoms with E-state index in [1.165, 1.54) is 19.0 Å². The summed E-state index contributed by atoms with van der Waals surface area (Å²) in [4.78, 5) is 13.8. The standard InChI is InChI=1S/C15H20N6O3S/c1-9(2)8-21-19-14(18-20-21)17-15(25)16-13(22)10-5-11(23-3)7-12(6-10)24-4/h5-7,9H,8H2,1-4H3,(H2,16,17,19,22,25). The van der Waals surface area contributed by atoms with Crippen molar-refractivity contribution in [2.75, 3.05) is 19.5 Å². The lowest BCUT2D eigenvalue weighted by Gasteiger charge is -2.09. The largest absolute Gasteiger partial charge is 0.497 e. The Balaban J connectivity index is 2.00. The predicted octanol–water partition coefficient (Wildman–Crippen LogP) is 1.47. The maximum absolute atomic E-state index is 12.3. The van der Waals surface area contributed by atoms with E-state index in [-0.39, 0.29) is 11.1 Å². The lowest BCUT2D eigenvalue weighted by Crippen LogP contribution is -2.34. The number of carbonyl (C=O) groups is 1. The highest BCUT2D eigenvalue weighted by Crippen LogP contribution is 2.22. The second kappa shape index (κ2) is 8.38. The molecule has 1 aromatic heterocycles. The lowest BCUT2D eigenvalue weighted by molar-refractivity contribution is 0.0977. The number of aromatic nitrogens is 4. The van der Waals surface area contributed by atoms with E-state index in [0.29, 0.717) is 29.5 Å². The molecule has 2 aromatic rings. The van der Waals surface area contributed by atoms with Gasteiger partial charge in [-0.15, -0.1) is 5.10 Å². The van der Waals surface area contributed by atoms with Gasteiger partial charge in [-0.1, -0.05) is 18.9 Å². The van der Waals surface area contributed by atoms with Crippen LogP contribution in [0.3, 0.4) is 0 Å². The van der Waals surface area contributed by atoms with Gasteiger partial charge in [0, 0.05) is 11.6 Å². The molecule has 0 saturated heterocycles. The zero-order valence-corrected chi connectivity index (χ0v) is 15.3. The average molecular weight is 364 g/mol. The van der Waals surface area contributed by atoms with Crippen molar-refractivity contribution in [1.29, 1.82) is 0 Å². The van der Waals surface area contributed by atoms with Crippen LogP contribution in [0.4, 0.5) is 5.95 Å². The Morgan fingerprint density at radius 1 is 1.24 bits per heavy atom. The van der Waals surface area contributed by atoms with Crippen molar-refractivity contribution in [1.82, 2.24) is 25.5 Å². The summed E-state index contributed by atoms with van der Waals surface area (Å²) in [6.07, 6.45) is 0. The molecule has 0 aliphatic heterocycles. The zero-order chi connectivity index (χ0) is 18.4. The molecule has 0 atom stereocenters. The first-order valence-electron chi connectivity index (χ1n) is 7.54. The number of benzene rings is 1. The molecule has 0 spiro atoms. The topological polar surface area (TPSA) is 103 Å². The van der Waals surface area contributed by atoms with Gasteiger partial charge in [0.25, 0.3) is 11.9 Å². The first-order chi connectivity index (χ1) is 11.9. The van der Waals surface area contributed by atoms with Crippen molar-refractivity contribution >= 4 is 29.2 Å². The minimum absolute atomic E-state index is 0.0656. The van der Waals surface area contributed by atoms with Crippen LogP contribution in [0.2, 0.25) is 0 Å². The normalized spacial score (nSPS) is 10.4. The fraction of sp³-hybridized carbons (Fsp3) is 0.400. The van der Waals surface area contributed by atoms with Crippen LogP contribution >= 0.6 is 12.2 Å². The highest BCUT2D eigenvalue weighted by Gasteiger charge is 2.13. The smallest absolute Gasteiger partial charge is 0.269 e. The summed E-state index contributed by atoms with van der Waals surface area (Å²) in [5, 5.41) is 17.2. The van der Waals surface area contributed by atoms with E-state index in [1.807, 2.05) is 13.8 Å². The Bertz CT molecular complexity index is 739. The average Bonchev–Trinajstić information content (AvgIpc) is 2.99. The molecule has 0 fully saturated rings. The molecule has 0 bridgehead atoms. The van der Waals surface area contributed by atoms with E-state index < -0.39 is 5.91 Å². The van der Waals surface area contributed by atoms with Crippen LogP contribution in [0.15, 0.2) is 18.2 Å². The molecule has 10 heteroatoms. The van der Waals surface area contributed by atoms with Gasteiger partial charge >= 0.3 is 0 Å². The van der Waals surface area contributed by atoms with Gasteiger partial charge in [0.2, 0.25) is 0 Å². The second-order valence-electron chi connectivity index (χ2n) is 5.57. The first-order valence-corrected chi connectivity index (χ1v) is 7.95. The van der Waals surface area contributed by atoms with Gasteiger partial charge in [-0.3, -0.25) is 15.4 Å². The molecule has 0 aliphatic carbocycles. The van der Waals surface area contributed by atoms with Gasteiger partial charge < -0.3 is 9.47 Å². The molecule has 9 nitrogen and oxygen atoms in total. The molecule has 0 radical (unpaired) electrons. The van der Waals surface area contributed by atoms with Gasteiger partial charge in [-0.25, -0.2) is 0 Å². The molecule has 0 aliphatic rings. The number of nitrogens with one attached hydrogen (secondary N) is 2. The van der Waals surface area contributed by atoms with E-state index in [9.17, 15) is 4.79 Å². The third-order valence-corrected chi connectivity index (χ3v) is 3.25. The number of nitrogens with zero attached hydrogens (tertiary/aromatic N) is 4. The van der Waals surface area contributed by atoms with Crippen LogP contribution in [0, 0.1) is 5.92 Å². The molecule has 1 heterocycles. The number of anilines is 1. The predicted molar refractivity (Wildman–Crippen MR) is 95.9 cm³/mol. The number of carbonyl (C=O) groups excluding carboxylic acids is 1. The maximum atomic E-state index is 12.3. The summed E-state index contributed by atoms with van der Waals surface area (Å²) in [6, 6.07) is 4.83. The van der Waals surface area contributed by atoms with Crippen molar-refractivity contribution in [3.63, 3.8) is 0 Å². The fourth-order valence-corrected chi connectivity index (χ4v) is 2.13. The molecule has 0 unspecified atom stereocenters. The van der Waals surface area contributed by atoms with Crippen LogP contribution < -0.4 is 20.1 Å². The summed E-state index contributed by atoms with van der Waals surface area (Å²) in [5.74, 6) is 1.19. The molecule has 134 valence electrons. The highest BCUT2D eigenvalue weighted by molar-refractivity contribution is 7.80. The number of tetrazole rings is 1. The van der Waals surface area contributed by atoms with Crippen LogP contribution in [-0.2, 0) is 6.54 Å². The zero-order valence-electron chi connectivity index (χ0n) is 14.4. The Morgan fingerprint density at radius 3 is 2.44 bits per heavy atom. The van der Waals surface area contributed by atoms with Crippen molar-refractivity contribution in [2.24, 2.45) is 5.92 Å². The minimum atomic E-state index is -0.413. The number of ether oxygens (including phenoxy) is 2. The van der Waals surface area contributed by atoms with Crippen molar-refractivity contribution in [3.05, 3.63) is 23.8 Å². The Kier molecular flexibility index (Phi) is 6.23. The van der Waals surface area contributed by atoms with Crippen molar-refractivity contribution in [2.45, 2.75) is 20.4 Å². The quantitative estimate of drug-likeness (QED) is 0.743. The molecule has 2 N–H and O–H groups in total. The van der Waals surface area contributed by atoms with E-state index in [2.05, 4.69) is 26.0 Å². The Hall–Kier alpha value is -2.75. The monoisotopic (exact) mass is 364 g/mol. The fourth-order valence-electron chi connectivity index (χ4n) is 1.94. The SMILES string of the molecule is COc1cc(OC)cc(C(=O)NC(=S)Nc2nnn(CC(C)C)n2)c1. The summed E-state index contributed by atoms with van der Waals surface area (Å²) < 4.78 is 10.3. The Labute approximate surface area is 150 Å². The highest BCUT2D eigenvalue weighted by atomic mass is 32.1.